The zero-order valence-electron chi connectivity index (χ0n) is 31.3. The largest absolute Gasteiger partial charge is 0.497 e. The molecule has 1 aromatic carbocycles. The van der Waals surface area contributed by atoms with Gasteiger partial charge in [-0.05, 0) is 64.5 Å². The van der Waals surface area contributed by atoms with Gasteiger partial charge in [-0.25, -0.2) is 19.6 Å². The number of ether oxygens (including phenoxy) is 3. The van der Waals surface area contributed by atoms with E-state index in [0.29, 0.717) is 33.8 Å². The number of likely N-dealkylation sites (tertiary alicyclic amines) is 1. The Bertz CT molecular complexity index is 1880. The molecule has 14 nitrogen and oxygen atoms in total. The fourth-order valence-electron chi connectivity index (χ4n) is 7.12. The number of fused-ring (bicyclic) bond motifs is 1. The van der Waals surface area contributed by atoms with Gasteiger partial charge in [0, 0.05) is 41.3 Å². The maximum Gasteiger partial charge on any atom is 0.407 e. The minimum absolute atomic E-state index is 0.0190. The van der Waals surface area contributed by atoms with Crippen LogP contribution in [0.3, 0.4) is 0 Å². The molecule has 2 saturated carbocycles. The number of aliphatic carboxylic acids is 1. The molecule has 0 spiro atoms. The first-order valence-electron chi connectivity index (χ1n) is 18.8. The second-order valence-electron chi connectivity index (χ2n) is 14.6. The summed E-state index contributed by atoms with van der Waals surface area (Å²) < 4.78 is 17.6. The van der Waals surface area contributed by atoms with Crippen LogP contribution in [-0.4, -0.2) is 93.9 Å². The molecule has 3 fully saturated rings. The highest BCUT2D eigenvalue weighted by Crippen LogP contribution is 2.45. The van der Waals surface area contributed by atoms with Crippen LogP contribution in [0.25, 0.3) is 22.3 Å². The van der Waals surface area contributed by atoms with Gasteiger partial charge in [0.15, 0.2) is 5.13 Å². The number of carboxylic acid groups (broad SMARTS) is 1. The normalized spacial score (nSPS) is 22.5. The van der Waals surface area contributed by atoms with Crippen LogP contribution in [-0.2, 0) is 19.1 Å². The standard InChI is InChI=1S/C39H50N6O8S/c1-5-6-7-8-11-24-19-39(24,36(48)49)44-35(47)32-17-27(21-45(32)34(46)20-40-38(50)53-25-12-9-10-13-25)52-33-18-30(31-22-54-37(43-31)41-23(2)3)42-29-16-26(51-4)14-15-28(29)33/h8,11,14-16,18,22-25,27,32H,5-7,9-10,12-13,17,19-21H2,1-4H3,(H,40,50)(H,41,43)(H,44,47)(H,48,49)/b11-8-/t24-,27-,32+,39-/m1/s1. The third kappa shape index (κ3) is 9.05. The van der Waals surface area contributed by atoms with Crippen LogP contribution in [0, 0.1) is 5.92 Å². The molecule has 6 rings (SSSR count). The van der Waals surface area contributed by atoms with E-state index >= 15 is 0 Å². The predicted octanol–water partition coefficient (Wildman–Crippen LogP) is 5.91. The second-order valence-corrected chi connectivity index (χ2v) is 15.4. The first kappa shape index (κ1) is 38.8. The molecular weight excluding hydrogens is 713 g/mol. The number of hydrogen-bond acceptors (Lipinski definition) is 11. The number of methoxy groups -OCH3 is 1. The molecule has 3 aliphatic rings. The number of aromatic nitrogens is 2. The minimum atomic E-state index is -1.46. The molecule has 0 radical (unpaired) electrons. The maximum atomic E-state index is 14.0. The van der Waals surface area contributed by atoms with Crippen LogP contribution < -0.4 is 25.4 Å². The molecule has 2 aliphatic carbocycles. The monoisotopic (exact) mass is 762 g/mol. The molecule has 3 aromatic rings. The Morgan fingerprint density at radius 3 is 2.63 bits per heavy atom. The lowest BCUT2D eigenvalue weighted by atomic mass is 10.1. The quantitative estimate of drug-likeness (QED) is 0.101. The molecule has 4 N–H and O–H groups in total. The fraction of sp³-hybridized carbons (Fsp3) is 0.538. The SMILES string of the molecule is CCCC/C=C\[C@@H]1C[C@]1(NC(=O)[C@@H]1C[C@@H](Oc2cc(-c3csc(NC(C)C)n3)nc3cc(OC)ccc23)CN1C(=O)CNC(=O)OC1CCCC1)C(=O)O. The molecular formula is C39H50N6O8S. The predicted molar refractivity (Wildman–Crippen MR) is 205 cm³/mol. The average Bonchev–Trinajstić information content (AvgIpc) is 3.58. The van der Waals surface area contributed by atoms with E-state index in [-0.39, 0.29) is 37.5 Å². The van der Waals surface area contributed by atoms with Crippen molar-refractivity contribution in [3.8, 4) is 22.9 Å². The van der Waals surface area contributed by atoms with Gasteiger partial charge >= 0.3 is 12.1 Å². The number of nitrogens with zero attached hydrogens (tertiary/aromatic N) is 3. The maximum absolute atomic E-state index is 14.0. The van der Waals surface area contributed by atoms with E-state index in [9.17, 15) is 24.3 Å². The highest BCUT2D eigenvalue weighted by Gasteiger charge is 2.61. The second kappa shape index (κ2) is 17.0. The van der Waals surface area contributed by atoms with Crippen LogP contribution in [0.4, 0.5) is 9.93 Å². The number of benzene rings is 1. The van der Waals surface area contributed by atoms with E-state index in [1.165, 1.54) is 16.2 Å². The lowest BCUT2D eigenvalue weighted by Crippen LogP contribution is -2.54. The summed E-state index contributed by atoms with van der Waals surface area (Å²) in [6.07, 6.45) is 9.01. The van der Waals surface area contributed by atoms with E-state index in [2.05, 4.69) is 22.9 Å². The Labute approximate surface area is 319 Å². The zero-order chi connectivity index (χ0) is 38.4. The number of carboxylic acids is 1. The number of nitrogens with one attached hydrogen (secondary N) is 3. The minimum Gasteiger partial charge on any atom is -0.497 e. The summed E-state index contributed by atoms with van der Waals surface area (Å²) in [6, 6.07) is 6.38. The van der Waals surface area contributed by atoms with Crippen molar-refractivity contribution >= 4 is 51.2 Å². The van der Waals surface area contributed by atoms with Gasteiger partial charge in [0.1, 0.15) is 47.5 Å². The summed E-state index contributed by atoms with van der Waals surface area (Å²) in [5, 5.41) is 22.2. The molecule has 1 saturated heterocycles. The molecule has 15 heteroatoms. The Hall–Kier alpha value is -4.92. The number of thiazole rings is 1. The first-order valence-corrected chi connectivity index (χ1v) is 19.7. The van der Waals surface area contributed by atoms with Gasteiger partial charge in [0.05, 0.1) is 24.9 Å². The summed E-state index contributed by atoms with van der Waals surface area (Å²) in [5.41, 5.74) is 0.367. The third-order valence-electron chi connectivity index (χ3n) is 10.1. The number of pyridine rings is 1. The van der Waals surface area contributed by atoms with Crippen molar-refractivity contribution in [2.45, 2.75) is 108 Å². The number of allylic oxidation sites excluding steroid dienone is 1. The average molecular weight is 763 g/mol. The van der Waals surface area contributed by atoms with Crippen molar-refractivity contribution in [3.05, 3.63) is 41.8 Å². The van der Waals surface area contributed by atoms with Crippen molar-refractivity contribution in [1.82, 2.24) is 25.5 Å². The summed E-state index contributed by atoms with van der Waals surface area (Å²) >= 11 is 1.46. The Morgan fingerprint density at radius 1 is 1.11 bits per heavy atom. The van der Waals surface area contributed by atoms with Gasteiger partial charge in [-0.15, -0.1) is 11.3 Å². The lowest BCUT2D eigenvalue weighted by Gasteiger charge is -2.25. The number of rotatable bonds is 16. The van der Waals surface area contributed by atoms with E-state index in [1.54, 1.807) is 25.3 Å². The lowest BCUT2D eigenvalue weighted by molar-refractivity contribution is -0.145. The summed E-state index contributed by atoms with van der Waals surface area (Å²) in [4.78, 5) is 63.7. The molecule has 0 bridgehead atoms. The molecule has 2 aromatic heterocycles. The highest BCUT2D eigenvalue weighted by molar-refractivity contribution is 7.14. The fourth-order valence-corrected chi connectivity index (χ4v) is 7.97. The van der Waals surface area contributed by atoms with Gasteiger partial charge in [0.2, 0.25) is 11.8 Å². The molecule has 0 unspecified atom stereocenters. The highest BCUT2D eigenvalue weighted by atomic mass is 32.1. The van der Waals surface area contributed by atoms with Gasteiger partial charge < -0.3 is 40.2 Å². The van der Waals surface area contributed by atoms with Crippen LogP contribution in [0.15, 0.2) is 41.8 Å². The number of amides is 3. The Balaban J connectivity index is 1.24. The van der Waals surface area contributed by atoms with Crippen LogP contribution >= 0.6 is 11.3 Å². The number of hydrogen-bond donors (Lipinski definition) is 4. The topological polar surface area (TPSA) is 181 Å². The summed E-state index contributed by atoms with van der Waals surface area (Å²) in [7, 11) is 1.58. The van der Waals surface area contributed by atoms with E-state index < -0.39 is 48.1 Å². The van der Waals surface area contributed by atoms with Gasteiger partial charge in [-0.2, -0.15) is 0 Å². The molecule has 290 valence electrons. The van der Waals surface area contributed by atoms with Crippen molar-refractivity contribution in [3.63, 3.8) is 0 Å². The van der Waals surface area contributed by atoms with Crippen LogP contribution in [0.2, 0.25) is 0 Å². The first-order chi connectivity index (χ1) is 26.0. The summed E-state index contributed by atoms with van der Waals surface area (Å²) in [6.45, 7) is 5.77. The van der Waals surface area contributed by atoms with Gasteiger partial charge in [-0.3, -0.25) is 9.59 Å². The van der Waals surface area contributed by atoms with E-state index in [1.807, 2.05) is 37.4 Å². The Morgan fingerprint density at radius 2 is 1.91 bits per heavy atom. The zero-order valence-corrected chi connectivity index (χ0v) is 32.1. The van der Waals surface area contributed by atoms with Crippen molar-refractivity contribution in [1.29, 1.82) is 0 Å². The summed E-state index contributed by atoms with van der Waals surface area (Å²) in [5.74, 6) is -1.51. The smallest absolute Gasteiger partial charge is 0.407 e. The van der Waals surface area contributed by atoms with Crippen molar-refractivity contribution in [2.75, 3.05) is 25.5 Å². The number of unbranched alkanes of at least 4 members (excludes halogenated alkanes) is 2. The third-order valence-corrected chi connectivity index (χ3v) is 10.9. The van der Waals surface area contributed by atoms with Gasteiger partial charge in [-0.1, -0.05) is 31.9 Å². The molecule has 54 heavy (non-hydrogen) atoms. The van der Waals surface area contributed by atoms with Crippen LogP contribution in [0.1, 0.15) is 78.6 Å². The molecule has 3 heterocycles. The van der Waals surface area contributed by atoms with Crippen molar-refractivity contribution in [2.24, 2.45) is 5.92 Å². The number of carbonyl (C=O) groups is 4. The molecule has 4 atom stereocenters. The number of carbonyl (C=O) groups excluding carboxylic acids is 3. The Kier molecular flexibility index (Phi) is 12.2. The van der Waals surface area contributed by atoms with E-state index in [4.69, 9.17) is 24.2 Å². The van der Waals surface area contributed by atoms with Crippen LogP contribution in [0.5, 0.6) is 11.5 Å². The number of anilines is 1. The van der Waals surface area contributed by atoms with Gasteiger partial charge in [0.25, 0.3) is 0 Å². The molecule has 3 amide bonds. The van der Waals surface area contributed by atoms with Crippen molar-refractivity contribution < 1.29 is 38.5 Å². The van der Waals surface area contributed by atoms with E-state index in [0.717, 1.165) is 50.1 Å². The number of alkyl carbamates (subject to hydrolysis) is 1. The molecule has 1 aliphatic heterocycles.